The van der Waals surface area contributed by atoms with E-state index in [1.807, 2.05) is 0 Å². The van der Waals surface area contributed by atoms with Crippen LogP contribution in [0.2, 0.25) is 0 Å². The normalized spacial score (nSPS) is 10.2. The molecule has 0 aromatic carbocycles. The van der Waals surface area contributed by atoms with E-state index in [2.05, 4.69) is 6.92 Å². The molecule has 0 bridgehead atoms. The molecule has 0 saturated heterocycles. The van der Waals surface area contributed by atoms with Crippen LogP contribution >= 0.6 is 0 Å². The van der Waals surface area contributed by atoms with Gasteiger partial charge in [0.05, 0.1) is 0 Å². The van der Waals surface area contributed by atoms with Gasteiger partial charge in [0.1, 0.15) is 0 Å². The van der Waals surface area contributed by atoms with Gasteiger partial charge in [-0.1, -0.05) is 84.0 Å². The second-order valence-corrected chi connectivity index (χ2v) is 5.36. The van der Waals surface area contributed by atoms with Gasteiger partial charge in [0.25, 0.3) is 0 Å². The molecule has 19 heavy (non-hydrogen) atoms. The van der Waals surface area contributed by atoms with Crippen molar-refractivity contribution >= 4 is 5.97 Å². The standard InChI is InChI=1S/C16H32O2.Ag/c1-2-3-4-5-6-7-8-9-10-11-12-13-14-15-16(17)18;/h2-15H2,1H3,(H,17,18);/q;+1/p-1. The van der Waals surface area contributed by atoms with Crippen LogP contribution in [0.25, 0.3) is 0 Å². The van der Waals surface area contributed by atoms with Crippen molar-refractivity contribution < 1.29 is 32.3 Å². The first-order valence-electron chi connectivity index (χ1n) is 7.97. The molecule has 0 aromatic heterocycles. The molecule has 0 atom stereocenters. The van der Waals surface area contributed by atoms with Gasteiger partial charge in [-0.2, -0.15) is 0 Å². The van der Waals surface area contributed by atoms with Crippen LogP contribution in [0.4, 0.5) is 0 Å². The van der Waals surface area contributed by atoms with Crippen molar-refractivity contribution in [2.24, 2.45) is 0 Å². The summed E-state index contributed by atoms with van der Waals surface area (Å²) in [7, 11) is 0. The van der Waals surface area contributed by atoms with E-state index in [1.165, 1.54) is 70.6 Å². The summed E-state index contributed by atoms with van der Waals surface area (Å²) in [6.45, 7) is 2.26. The molecule has 0 aliphatic carbocycles. The molecular formula is C16H31AgO2. The number of aliphatic carboxylic acids is 1. The second kappa shape index (κ2) is 18.2. The van der Waals surface area contributed by atoms with E-state index in [-0.39, 0.29) is 28.8 Å². The maximum atomic E-state index is 10.2. The fourth-order valence-electron chi connectivity index (χ4n) is 2.29. The largest absolute Gasteiger partial charge is 1.00 e. The topological polar surface area (TPSA) is 40.1 Å². The summed E-state index contributed by atoms with van der Waals surface area (Å²) >= 11 is 0. The van der Waals surface area contributed by atoms with Gasteiger partial charge in [0.2, 0.25) is 0 Å². The third kappa shape index (κ3) is 20.7. The predicted octanol–water partition coefficient (Wildman–Crippen LogP) is 4.22. The molecule has 0 spiro atoms. The van der Waals surface area contributed by atoms with Crippen molar-refractivity contribution in [3.8, 4) is 0 Å². The minimum Gasteiger partial charge on any atom is -0.550 e. The minimum atomic E-state index is -0.905. The summed E-state index contributed by atoms with van der Waals surface area (Å²) < 4.78 is 0. The van der Waals surface area contributed by atoms with Crippen molar-refractivity contribution in [1.29, 1.82) is 0 Å². The van der Waals surface area contributed by atoms with E-state index in [0.29, 0.717) is 0 Å². The Balaban J connectivity index is 0. The first kappa shape index (κ1) is 21.5. The van der Waals surface area contributed by atoms with E-state index in [9.17, 15) is 9.90 Å². The zero-order chi connectivity index (χ0) is 13.5. The van der Waals surface area contributed by atoms with Crippen molar-refractivity contribution in [3.05, 3.63) is 0 Å². The van der Waals surface area contributed by atoms with Crippen LogP contribution in [0.15, 0.2) is 0 Å². The maximum absolute atomic E-state index is 10.2. The van der Waals surface area contributed by atoms with Crippen LogP contribution in [0.5, 0.6) is 0 Å². The molecule has 0 aliphatic rings. The molecule has 0 radical (unpaired) electrons. The van der Waals surface area contributed by atoms with Crippen LogP contribution in [-0.4, -0.2) is 5.97 Å². The minimum absolute atomic E-state index is 0. The van der Waals surface area contributed by atoms with Gasteiger partial charge in [0, 0.05) is 5.97 Å². The number of carboxylic acids is 1. The molecule has 0 unspecified atom stereocenters. The van der Waals surface area contributed by atoms with Crippen LogP contribution in [0.3, 0.4) is 0 Å². The van der Waals surface area contributed by atoms with Gasteiger partial charge < -0.3 is 9.90 Å². The molecule has 2 nitrogen and oxygen atoms in total. The zero-order valence-electron chi connectivity index (χ0n) is 12.5. The van der Waals surface area contributed by atoms with Crippen molar-refractivity contribution in [1.82, 2.24) is 0 Å². The maximum Gasteiger partial charge on any atom is 1.00 e. The molecule has 0 heterocycles. The Hall–Kier alpha value is 0.210. The molecule has 0 fully saturated rings. The van der Waals surface area contributed by atoms with E-state index >= 15 is 0 Å². The number of carboxylic acid groups (broad SMARTS) is 1. The van der Waals surface area contributed by atoms with Gasteiger partial charge in [0.15, 0.2) is 0 Å². The summed E-state index contributed by atoms with van der Waals surface area (Å²) in [6, 6.07) is 0. The monoisotopic (exact) mass is 362 g/mol. The van der Waals surface area contributed by atoms with Crippen molar-refractivity contribution in [2.75, 3.05) is 0 Å². The molecule has 118 valence electrons. The fraction of sp³-hybridized carbons (Fsp3) is 0.938. The molecule has 0 amide bonds. The average molecular weight is 363 g/mol. The number of unbranched alkanes of at least 4 members (excludes halogenated alkanes) is 12. The van der Waals surface area contributed by atoms with Gasteiger partial charge in [-0.05, 0) is 12.8 Å². The number of carbonyl (C=O) groups is 1. The fourth-order valence-corrected chi connectivity index (χ4v) is 2.29. The summed E-state index contributed by atoms with van der Waals surface area (Å²) in [5.41, 5.74) is 0. The van der Waals surface area contributed by atoms with E-state index in [1.54, 1.807) is 0 Å². The molecular weight excluding hydrogens is 332 g/mol. The first-order valence-corrected chi connectivity index (χ1v) is 7.97. The Labute approximate surface area is 135 Å². The summed E-state index contributed by atoms with van der Waals surface area (Å²) in [6.07, 6.45) is 16.9. The Bertz CT molecular complexity index is 184. The van der Waals surface area contributed by atoms with E-state index in [4.69, 9.17) is 0 Å². The quantitative estimate of drug-likeness (QED) is 0.343. The number of hydrogen-bond donors (Lipinski definition) is 0. The molecule has 0 aromatic rings. The third-order valence-electron chi connectivity index (χ3n) is 3.48. The van der Waals surface area contributed by atoms with Gasteiger partial charge in [-0.15, -0.1) is 0 Å². The van der Waals surface area contributed by atoms with E-state index < -0.39 is 5.97 Å². The predicted molar refractivity (Wildman–Crippen MR) is 75.3 cm³/mol. The van der Waals surface area contributed by atoms with Gasteiger partial charge in [-0.25, -0.2) is 0 Å². The Morgan fingerprint density at radius 1 is 0.684 bits per heavy atom. The van der Waals surface area contributed by atoms with Crippen LogP contribution in [0.1, 0.15) is 96.8 Å². The smallest absolute Gasteiger partial charge is 0.550 e. The number of rotatable bonds is 14. The van der Waals surface area contributed by atoms with Crippen molar-refractivity contribution in [3.63, 3.8) is 0 Å². The zero-order valence-corrected chi connectivity index (χ0v) is 14.0. The summed E-state index contributed by atoms with van der Waals surface area (Å²) in [4.78, 5) is 10.2. The molecule has 0 aliphatic heterocycles. The van der Waals surface area contributed by atoms with Crippen LogP contribution in [0, 0.1) is 0 Å². The average Bonchev–Trinajstić information content (AvgIpc) is 2.34. The van der Waals surface area contributed by atoms with Gasteiger partial charge in [-0.3, -0.25) is 0 Å². The number of carbonyl (C=O) groups excluding carboxylic acids is 1. The molecule has 3 heteroatoms. The Kier molecular flexibility index (Phi) is 20.6. The third-order valence-corrected chi connectivity index (χ3v) is 3.48. The van der Waals surface area contributed by atoms with Crippen LogP contribution in [-0.2, 0) is 27.2 Å². The SMILES string of the molecule is CCCCCCCCCCCCCCCC(=O)[O-].[Ag+]. The first-order chi connectivity index (χ1) is 8.77. The number of hydrogen-bond acceptors (Lipinski definition) is 2. The second-order valence-electron chi connectivity index (χ2n) is 5.36. The summed E-state index contributed by atoms with van der Waals surface area (Å²) in [5, 5.41) is 10.2. The Morgan fingerprint density at radius 3 is 1.32 bits per heavy atom. The molecule has 0 rings (SSSR count). The van der Waals surface area contributed by atoms with E-state index in [0.717, 1.165) is 12.8 Å². The van der Waals surface area contributed by atoms with Crippen LogP contribution < -0.4 is 5.11 Å². The molecule has 0 saturated carbocycles. The van der Waals surface area contributed by atoms with Gasteiger partial charge >= 0.3 is 22.4 Å². The Morgan fingerprint density at radius 2 is 1.00 bits per heavy atom. The molecule has 0 N–H and O–H groups in total. The van der Waals surface area contributed by atoms with Crippen molar-refractivity contribution in [2.45, 2.75) is 96.8 Å². The summed E-state index contributed by atoms with van der Waals surface area (Å²) in [5.74, 6) is -0.905.